The molecule has 0 aromatic heterocycles. The normalized spacial score (nSPS) is 18.8. The standard InChI is InChI=1S/C25H32N2O/c1-4-7-19(2)27(3)21-12-10-20(11-13-21)23-18-25(14-16-26-17-15-25)28-24-9-6-5-8-22(23)24/h5-6,8-13,18-19,26H,4,7,14-17H2,1-3H3. The van der Waals surface area contributed by atoms with Gasteiger partial charge in [0.25, 0.3) is 0 Å². The Bertz CT molecular complexity index is 834. The van der Waals surface area contributed by atoms with Crippen molar-refractivity contribution in [2.24, 2.45) is 0 Å². The minimum absolute atomic E-state index is 0.181. The molecule has 1 saturated heterocycles. The minimum atomic E-state index is -0.181. The Labute approximate surface area is 169 Å². The Kier molecular flexibility index (Phi) is 5.45. The van der Waals surface area contributed by atoms with E-state index in [2.05, 4.69) is 85.7 Å². The molecule has 3 nitrogen and oxygen atoms in total. The van der Waals surface area contributed by atoms with Crippen LogP contribution in [-0.4, -0.2) is 31.8 Å². The maximum Gasteiger partial charge on any atom is 0.130 e. The largest absolute Gasteiger partial charge is 0.482 e. The Hall–Kier alpha value is -2.26. The molecule has 1 N–H and O–H groups in total. The fourth-order valence-corrected chi connectivity index (χ4v) is 4.44. The smallest absolute Gasteiger partial charge is 0.130 e. The number of hydrogen-bond acceptors (Lipinski definition) is 3. The highest BCUT2D eigenvalue weighted by atomic mass is 16.5. The molecule has 1 fully saturated rings. The van der Waals surface area contributed by atoms with Gasteiger partial charge in [-0.15, -0.1) is 0 Å². The number of ether oxygens (including phenoxy) is 1. The number of fused-ring (bicyclic) bond motifs is 1. The molecule has 1 spiro atoms. The average molecular weight is 377 g/mol. The lowest BCUT2D eigenvalue weighted by Crippen LogP contribution is -2.46. The second-order valence-electron chi connectivity index (χ2n) is 8.27. The number of rotatable bonds is 5. The van der Waals surface area contributed by atoms with E-state index in [1.807, 2.05) is 0 Å². The number of para-hydroxylation sites is 1. The summed E-state index contributed by atoms with van der Waals surface area (Å²) in [6.45, 7) is 6.56. The molecule has 2 aromatic carbocycles. The van der Waals surface area contributed by atoms with Gasteiger partial charge in [0.2, 0.25) is 0 Å². The molecule has 2 aromatic rings. The summed E-state index contributed by atoms with van der Waals surface area (Å²) in [6.07, 6.45) is 6.84. The van der Waals surface area contributed by atoms with Gasteiger partial charge in [0.05, 0.1) is 0 Å². The van der Waals surface area contributed by atoms with Crippen LogP contribution >= 0.6 is 0 Å². The van der Waals surface area contributed by atoms with Gasteiger partial charge in [-0.05, 0) is 61.8 Å². The molecule has 0 saturated carbocycles. The first-order valence-electron chi connectivity index (χ1n) is 10.7. The van der Waals surface area contributed by atoms with E-state index in [1.54, 1.807) is 0 Å². The molecule has 3 heteroatoms. The highest BCUT2D eigenvalue weighted by molar-refractivity contribution is 5.85. The van der Waals surface area contributed by atoms with Crippen LogP contribution < -0.4 is 15.0 Å². The maximum absolute atomic E-state index is 6.51. The third-order valence-corrected chi connectivity index (χ3v) is 6.30. The molecular formula is C25H32N2O. The molecule has 0 bridgehead atoms. The van der Waals surface area contributed by atoms with Crippen molar-refractivity contribution in [3.63, 3.8) is 0 Å². The van der Waals surface area contributed by atoms with Crippen molar-refractivity contribution in [2.45, 2.75) is 51.2 Å². The van der Waals surface area contributed by atoms with Crippen molar-refractivity contribution < 1.29 is 4.74 Å². The summed E-state index contributed by atoms with van der Waals surface area (Å²) in [7, 11) is 2.20. The molecule has 1 unspecified atom stereocenters. The van der Waals surface area contributed by atoms with E-state index in [0.717, 1.165) is 31.7 Å². The summed E-state index contributed by atoms with van der Waals surface area (Å²) >= 11 is 0. The lowest BCUT2D eigenvalue weighted by atomic mass is 9.83. The van der Waals surface area contributed by atoms with Gasteiger partial charge >= 0.3 is 0 Å². The summed E-state index contributed by atoms with van der Waals surface area (Å²) < 4.78 is 6.51. The summed E-state index contributed by atoms with van der Waals surface area (Å²) in [5.41, 5.74) is 4.88. The SMILES string of the molecule is CCCC(C)N(C)c1ccc(C2=CC3(CCNCC3)Oc3ccccc32)cc1. The summed E-state index contributed by atoms with van der Waals surface area (Å²) in [5.74, 6) is 1.01. The van der Waals surface area contributed by atoms with E-state index in [1.165, 1.54) is 35.2 Å². The van der Waals surface area contributed by atoms with Crippen LogP contribution in [0.2, 0.25) is 0 Å². The van der Waals surface area contributed by atoms with Crippen LogP contribution in [0, 0.1) is 0 Å². The Balaban J connectivity index is 1.68. The molecule has 0 radical (unpaired) electrons. The zero-order valence-electron chi connectivity index (χ0n) is 17.4. The van der Waals surface area contributed by atoms with Gasteiger partial charge in [-0.1, -0.05) is 43.7 Å². The Morgan fingerprint density at radius 1 is 1.07 bits per heavy atom. The van der Waals surface area contributed by atoms with Crippen LogP contribution in [0.15, 0.2) is 54.6 Å². The van der Waals surface area contributed by atoms with Gasteiger partial charge in [-0.2, -0.15) is 0 Å². The van der Waals surface area contributed by atoms with Crippen LogP contribution in [0.5, 0.6) is 5.75 Å². The first-order chi connectivity index (χ1) is 13.6. The monoisotopic (exact) mass is 376 g/mol. The van der Waals surface area contributed by atoms with Crippen molar-refractivity contribution >= 4 is 11.3 Å². The fraction of sp³-hybridized carbons (Fsp3) is 0.440. The molecule has 2 aliphatic heterocycles. The molecular weight excluding hydrogens is 344 g/mol. The molecule has 4 rings (SSSR count). The second kappa shape index (κ2) is 8.00. The van der Waals surface area contributed by atoms with Crippen molar-refractivity contribution in [2.75, 3.05) is 25.0 Å². The maximum atomic E-state index is 6.51. The first-order valence-corrected chi connectivity index (χ1v) is 10.7. The van der Waals surface area contributed by atoms with E-state index < -0.39 is 0 Å². The lowest BCUT2D eigenvalue weighted by molar-refractivity contribution is 0.0817. The minimum Gasteiger partial charge on any atom is -0.482 e. The topological polar surface area (TPSA) is 24.5 Å². The first kappa shape index (κ1) is 19.1. The highest BCUT2D eigenvalue weighted by Crippen LogP contribution is 2.42. The van der Waals surface area contributed by atoms with E-state index in [-0.39, 0.29) is 5.60 Å². The molecule has 28 heavy (non-hydrogen) atoms. The number of benzene rings is 2. The predicted molar refractivity (Wildman–Crippen MR) is 118 cm³/mol. The zero-order valence-corrected chi connectivity index (χ0v) is 17.4. The van der Waals surface area contributed by atoms with Gasteiger partial charge in [-0.25, -0.2) is 0 Å². The van der Waals surface area contributed by atoms with Crippen LogP contribution in [0.25, 0.3) is 5.57 Å². The second-order valence-corrected chi connectivity index (χ2v) is 8.27. The summed E-state index contributed by atoms with van der Waals surface area (Å²) in [6, 6.07) is 18.1. The van der Waals surface area contributed by atoms with Crippen LogP contribution in [0.1, 0.15) is 50.7 Å². The number of anilines is 1. The number of nitrogens with one attached hydrogen (secondary N) is 1. The lowest BCUT2D eigenvalue weighted by Gasteiger charge is -2.40. The third kappa shape index (κ3) is 3.68. The summed E-state index contributed by atoms with van der Waals surface area (Å²) in [5, 5.41) is 3.46. The number of hydrogen-bond donors (Lipinski definition) is 1. The number of nitrogens with zero attached hydrogens (tertiary/aromatic N) is 1. The van der Waals surface area contributed by atoms with Crippen molar-refractivity contribution in [3.05, 3.63) is 65.7 Å². The Morgan fingerprint density at radius 2 is 1.79 bits per heavy atom. The molecule has 0 aliphatic carbocycles. The number of piperidine rings is 1. The van der Waals surface area contributed by atoms with E-state index in [0.29, 0.717) is 6.04 Å². The molecule has 2 aliphatic rings. The predicted octanol–water partition coefficient (Wildman–Crippen LogP) is 5.26. The fourth-order valence-electron chi connectivity index (χ4n) is 4.44. The third-order valence-electron chi connectivity index (χ3n) is 6.30. The average Bonchev–Trinajstić information content (AvgIpc) is 2.73. The van der Waals surface area contributed by atoms with Crippen LogP contribution in [-0.2, 0) is 0 Å². The van der Waals surface area contributed by atoms with Crippen LogP contribution in [0.3, 0.4) is 0 Å². The van der Waals surface area contributed by atoms with E-state index in [9.17, 15) is 0 Å². The quantitative estimate of drug-likeness (QED) is 0.770. The summed E-state index contributed by atoms with van der Waals surface area (Å²) in [4.78, 5) is 2.38. The van der Waals surface area contributed by atoms with Gasteiger partial charge in [0.15, 0.2) is 0 Å². The van der Waals surface area contributed by atoms with Gasteiger partial charge in [0, 0.05) is 37.2 Å². The van der Waals surface area contributed by atoms with Gasteiger partial charge < -0.3 is 15.0 Å². The molecule has 1 atom stereocenters. The highest BCUT2D eigenvalue weighted by Gasteiger charge is 2.36. The van der Waals surface area contributed by atoms with Crippen LogP contribution in [0.4, 0.5) is 5.69 Å². The zero-order chi connectivity index (χ0) is 19.6. The van der Waals surface area contributed by atoms with Crippen molar-refractivity contribution in [1.29, 1.82) is 0 Å². The Morgan fingerprint density at radius 3 is 2.50 bits per heavy atom. The molecule has 148 valence electrons. The molecule has 0 amide bonds. The van der Waals surface area contributed by atoms with Gasteiger partial charge in [0.1, 0.15) is 11.4 Å². The van der Waals surface area contributed by atoms with E-state index >= 15 is 0 Å². The van der Waals surface area contributed by atoms with E-state index in [4.69, 9.17) is 4.74 Å². The van der Waals surface area contributed by atoms with Gasteiger partial charge in [-0.3, -0.25) is 0 Å². The van der Waals surface area contributed by atoms with Crippen molar-refractivity contribution in [3.8, 4) is 5.75 Å². The van der Waals surface area contributed by atoms with Crippen molar-refractivity contribution in [1.82, 2.24) is 5.32 Å². The molecule has 2 heterocycles.